The van der Waals surface area contributed by atoms with E-state index in [2.05, 4.69) is 10.1 Å². The van der Waals surface area contributed by atoms with Gasteiger partial charge in [-0.1, -0.05) is 0 Å². The zero-order chi connectivity index (χ0) is 20.2. The van der Waals surface area contributed by atoms with Crippen LogP contribution in [0.15, 0.2) is 42.5 Å². The normalized spacial score (nSPS) is 12.2. The predicted octanol–water partition coefficient (Wildman–Crippen LogP) is 4.05. The molecule has 0 fully saturated rings. The summed E-state index contributed by atoms with van der Waals surface area (Å²) in [6, 6.07) is 6.25. The highest BCUT2D eigenvalue weighted by atomic mass is 19.4. The van der Waals surface area contributed by atoms with E-state index < -0.39 is 47.4 Å². The van der Waals surface area contributed by atoms with Crippen molar-refractivity contribution in [1.29, 1.82) is 0 Å². The second-order valence-corrected chi connectivity index (χ2v) is 5.23. The lowest BCUT2D eigenvalue weighted by Crippen LogP contribution is -2.30. The van der Waals surface area contributed by atoms with Gasteiger partial charge in [-0.2, -0.15) is 0 Å². The molecule has 0 aliphatic heterocycles. The number of hydrogen-bond acceptors (Lipinski definition) is 4. The monoisotopic (exact) mass is 389 g/mol. The molecule has 0 saturated heterocycles. The molecule has 1 amide bonds. The van der Waals surface area contributed by atoms with Gasteiger partial charge in [0.15, 0.2) is 6.10 Å². The fourth-order valence-electron chi connectivity index (χ4n) is 1.90. The van der Waals surface area contributed by atoms with Crippen molar-refractivity contribution in [3.05, 3.63) is 59.7 Å². The van der Waals surface area contributed by atoms with Crippen LogP contribution < -0.4 is 10.1 Å². The van der Waals surface area contributed by atoms with Crippen LogP contribution in [0, 0.1) is 11.6 Å². The molecular weight excluding hydrogens is 377 g/mol. The minimum atomic E-state index is -4.87. The number of halogens is 5. The maximum atomic E-state index is 13.5. The van der Waals surface area contributed by atoms with Gasteiger partial charge in [0.1, 0.15) is 17.4 Å². The second kappa shape index (κ2) is 8.02. The number of anilines is 1. The summed E-state index contributed by atoms with van der Waals surface area (Å²) >= 11 is 0. The van der Waals surface area contributed by atoms with Gasteiger partial charge in [-0.05, 0) is 43.3 Å². The number of rotatable bonds is 5. The van der Waals surface area contributed by atoms with Gasteiger partial charge in [0.2, 0.25) is 0 Å². The van der Waals surface area contributed by atoms with Crippen LogP contribution >= 0.6 is 0 Å². The number of benzene rings is 2. The highest BCUT2D eigenvalue weighted by Crippen LogP contribution is 2.23. The van der Waals surface area contributed by atoms with Gasteiger partial charge in [0.25, 0.3) is 5.91 Å². The van der Waals surface area contributed by atoms with Gasteiger partial charge in [0, 0.05) is 6.07 Å². The molecule has 1 atom stereocenters. The quantitative estimate of drug-likeness (QED) is 0.619. The first-order chi connectivity index (χ1) is 12.5. The molecule has 0 radical (unpaired) electrons. The van der Waals surface area contributed by atoms with Crippen molar-refractivity contribution < 1.29 is 41.0 Å². The number of carbonyl (C=O) groups is 2. The Balaban J connectivity index is 1.98. The van der Waals surface area contributed by atoms with Crippen molar-refractivity contribution in [2.45, 2.75) is 19.4 Å². The summed E-state index contributed by atoms with van der Waals surface area (Å²) in [5.41, 5.74) is -0.572. The highest BCUT2D eigenvalue weighted by Gasteiger charge is 2.31. The molecule has 0 aliphatic carbocycles. The van der Waals surface area contributed by atoms with Gasteiger partial charge >= 0.3 is 12.3 Å². The molecule has 0 unspecified atom stereocenters. The maximum Gasteiger partial charge on any atom is 0.573 e. The molecule has 0 aliphatic rings. The Morgan fingerprint density at radius 1 is 1.04 bits per heavy atom. The lowest BCUT2D eigenvalue weighted by molar-refractivity contribution is -0.274. The van der Waals surface area contributed by atoms with Crippen LogP contribution in [-0.4, -0.2) is 24.3 Å². The summed E-state index contributed by atoms with van der Waals surface area (Å²) in [4.78, 5) is 23.9. The third-order valence-electron chi connectivity index (χ3n) is 3.16. The average Bonchev–Trinajstić information content (AvgIpc) is 2.57. The number of nitrogens with one attached hydrogen (secondary N) is 1. The molecular formula is C17H12F5NO4. The van der Waals surface area contributed by atoms with E-state index in [1.54, 1.807) is 0 Å². The van der Waals surface area contributed by atoms with Crippen molar-refractivity contribution in [3.8, 4) is 5.75 Å². The van der Waals surface area contributed by atoms with E-state index in [4.69, 9.17) is 4.74 Å². The molecule has 2 aromatic rings. The van der Waals surface area contributed by atoms with Crippen molar-refractivity contribution in [1.82, 2.24) is 0 Å². The second-order valence-electron chi connectivity index (χ2n) is 5.23. The summed E-state index contributed by atoms with van der Waals surface area (Å²) in [6.07, 6.45) is -6.26. The Bertz CT molecular complexity index is 836. The zero-order valence-corrected chi connectivity index (χ0v) is 13.6. The fourth-order valence-corrected chi connectivity index (χ4v) is 1.90. The maximum absolute atomic E-state index is 13.5. The van der Waals surface area contributed by atoms with Crippen LogP contribution in [0.3, 0.4) is 0 Å². The van der Waals surface area contributed by atoms with E-state index in [0.29, 0.717) is 0 Å². The Kier molecular flexibility index (Phi) is 5.98. The Morgan fingerprint density at radius 2 is 1.67 bits per heavy atom. The van der Waals surface area contributed by atoms with Crippen LogP contribution in [0.4, 0.5) is 27.6 Å². The Labute approximate surface area is 149 Å². The predicted molar refractivity (Wildman–Crippen MR) is 83.0 cm³/mol. The van der Waals surface area contributed by atoms with Crippen LogP contribution in [0.2, 0.25) is 0 Å². The molecule has 0 spiro atoms. The van der Waals surface area contributed by atoms with E-state index in [9.17, 15) is 31.5 Å². The SMILES string of the molecule is C[C@@H](OC(=O)c1ccc(OC(F)(F)F)cc1)C(=O)Nc1cc(F)ccc1F. The number of ether oxygens (including phenoxy) is 2. The molecule has 0 bridgehead atoms. The lowest BCUT2D eigenvalue weighted by Gasteiger charge is -2.14. The van der Waals surface area contributed by atoms with E-state index in [1.807, 2.05) is 0 Å². The molecule has 10 heteroatoms. The standard InChI is InChI=1S/C17H12F5NO4/c1-9(15(24)23-14-8-11(18)4-7-13(14)19)26-16(25)10-2-5-12(6-3-10)27-17(20,21)22/h2-9H,1H3,(H,23,24)/t9-/m1/s1. The van der Waals surface area contributed by atoms with Crippen molar-refractivity contribution in [2.24, 2.45) is 0 Å². The molecule has 0 heterocycles. The third kappa shape index (κ3) is 5.94. The Hall–Kier alpha value is -3.17. The molecule has 1 N–H and O–H groups in total. The van der Waals surface area contributed by atoms with Crippen molar-refractivity contribution in [3.63, 3.8) is 0 Å². The summed E-state index contributed by atoms with van der Waals surface area (Å²) in [6.45, 7) is 1.19. The summed E-state index contributed by atoms with van der Waals surface area (Å²) in [7, 11) is 0. The topological polar surface area (TPSA) is 64.6 Å². The molecule has 27 heavy (non-hydrogen) atoms. The smallest absolute Gasteiger partial charge is 0.449 e. The summed E-state index contributed by atoms with van der Waals surface area (Å²) in [5.74, 6) is -4.13. The zero-order valence-electron chi connectivity index (χ0n) is 13.6. The van der Waals surface area contributed by atoms with Crippen LogP contribution in [-0.2, 0) is 9.53 Å². The van der Waals surface area contributed by atoms with Crippen molar-refractivity contribution >= 4 is 17.6 Å². The van der Waals surface area contributed by atoms with Crippen LogP contribution in [0.1, 0.15) is 17.3 Å². The first-order valence-electron chi connectivity index (χ1n) is 7.38. The number of alkyl halides is 3. The van der Waals surface area contributed by atoms with Crippen LogP contribution in [0.5, 0.6) is 5.75 Å². The van der Waals surface area contributed by atoms with Gasteiger partial charge in [0.05, 0.1) is 11.3 Å². The van der Waals surface area contributed by atoms with E-state index in [1.165, 1.54) is 6.92 Å². The largest absolute Gasteiger partial charge is 0.573 e. The highest BCUT2D eigenvalue weighted by molar-refractivity contribution is 5.97. The van der Waals surface area contributed by atoms with E-state index in [-0.39, 0.29) is 5.56 Å². The number of carbonyl (C=O) groups excluding carboxylic acids is 2. The molecule has 0 saturated carbocycles. The van der Waals surface area contributed by atoms with Crippen LogP contribution in [0.25, 0.3) is 0 Å². The fraction of sp³-hybridized carbons (Fsp3) is 0.176. The van der Waals surface area contributed by atoms with Gasteiger partial charge < -0.3 is 14.8 Å². The van der Waals surface area contributed by atoms with Gasteiger partial charge in [-0.3, -0.25) is 4.79 Å². The minimum Gasteiger partial charge on any atom is -0.449 e. The number of amides is 1. The first-order valence-corrected chi connectivity index (χ1v) is 7.38. The minimum absolute atomic E-state index is 0.138. The summed E-state index contributed by atoms with van der Waals surface area (Å²) in [5, 5.41) is 2.07. The average molecular weight is 389 g/mol. The number of hydrogen-bond donors (Lipinski definition) is 1. The molecule has 144 valence electrons. The third-order valence-corrected chi connectivity index (χ3v) is 3.16. The lowest BCUT2D eigenvalue weighted by atomic mass is 10.2. The molecule has 5 nitrogen and oxygen atoms in total. The number of esters is 1. The molecule has 2 aromatic carbocycles. The molecule has 2 rings (SSSR count). The van der Waals surface area contributed by atoms with E-state index in [0.717, 1.165) is 42.5 Å². The van der Waals surface area contributed by atoms with Crippen molar-refractivity contribution in [2.75, 3.05) is 5.32 Å². The summed E-state index contributed by atoms with van der Waals surface area (Å²) < 4.78 is 71.3. The molecule has 0 aromatic heterocycles. The van der Waals surface area contributed by atoms with Gasteiger partial charge in [-0.15, -0.1) is 13.2 Å². The van der Waals surface area contributed by atoms with E-state index >= 15 is 0 Å². The Morgan fingerprint density at radius 3 is 2.26 bits per heavy atom. The first kappa shape index (κ1) is 20.1. The van der Waals surface area contributed by atoms with Gasteiger partial charge in [-0.25, -0.2) is 13.6 Å².